The van der Waals surface area contributed by atoms with E-state index in [1.54, 1.807) is 6.92 Å². The van der Waals surface area contributed by atoms with Crippen LogP contribution in [0.25, 0.3) is 0 Å². The summed E-state index contributed by atoms with van der Waals surface area (Å²) in [4.78, 5) is 6.22. The number of sulfonamides is 1. The fourth-order valence-corrected chi connectivity index (χ4v) is 5.25. The Morgan fingerprint density at radius 3 is 2.55 bits per heavy atom. The van der Waals surface area contributed by atoms with Gasteiger partial charge in [0.05, 0.1) is 5.69 Å². The summed E-state index contributed by atoms with van der Waals surface area (Å²) in [6.07, 6.45) is 1.99. The van der Waals surface area contributed by atoms with Crippen LogP contribution in [0.15, 0.2) is 4.21 Å². The summed E-state index contributed by atoms with van der Waals surface area (Å²) in [7, 11) is -1.42. The number of halogens is 1. The highest BCUT2D eigenvalue weighted by Crippen LogP contribution is 2.31. The molecule has 1 aromatic heterocycles. The van der Waals surface area contributed by atoms with Crippen LogP contribution < -0.4 is 4.72 Å². The van der Waals surface area contributed by atoms with Crippen molar-refractivity contribution < 1.29 is 8.42 Å². The second-order valence-electron chi connectivity index (χ2n) is 5.78. The highest BCUT2D eigenvalue weighted by Gasteiger charge is 2.31. The van der Waals surface area contributed by atoms with Gasteiger partial charge < -0.3 is 4.90 Å². The molecule has 1 N–H and O–H groups in total. The monoisotopic (exact) mass is 337 g/mol. The van der Waals surface area contributed by atoms with Crippen molar-refractivity contribution in [3.8, 4) is 0 Å². The molecule has 0 spiro atoms. The maximum absolute atomic E-state index is 12.3. The third kappa shape index (κ3) is 3.71. The molecule has 0 unspecified atom stereocenters. The number of hydrogen-bond acceptors (Lipinski definition) is 5. The number of hydrogen-bond donors (Lipinski definition) is 1. The van der Waals surface area contributed by atoms with Crippen molar-refractivity contribution in [1.82, 2.24) is 14.6 Å². The van der Waals surface area contributed by atoms with Crippen molar-refractivity contribution >= 4 is 33.0 Å². The first kappa shape index (κ1) is 16.2. The van der Waals surface area contributed by atoms with Crippen molar-refractivity contribution in [2.75, 3.05) is 26.7 Å². The minimum absolute atomic E-state index is 0.0158. The maximum Gasteiger partial charge on any atom is 0.252 e. The molecule has 0 saturated carbocycles. The van der Waals surface area contributed by atoms with Gasteiger partial charge in [-0.2, -0.15) is 0 Å². The summed E-state index contributed by atoms with van der Waals surface area (Å²) in [5, 5.41) is 0. The number of aromatic nitrogens is 1. The molecular formula is C12H20ClN3O2S2. The van der Waals surface area contributed by atoms with E-state index < -0.39 is 10.0 Å². The average molecular weight is 338 g/mol. The molecule has 2 heterocycles. The van der Waals surface area contributed by atoms with Gasteiger partial charge in [-0.15, -0.1) is 0 Å². The number of rotatable bonds is 4. The van der Waals surface area contributed by atoms with Gasteiger partial charge in [-0.1, -0.05) is 29.9 Å². The predicted molar refractivity (Wildman–Crippen MR) is 81.9 cm³/mol. The van der Waals surface area contributed by atoms with Gasteiger partial charge >= 0.3 is 0 Å². The molecule has 0 aromatic carbocycles. The van der Waals surface area contributed by atoms with E-state index in [2.05, 4.69) is 28.6 Å². The summed E-state index contributed by atoms with van der Waals surface area (Å²) < 4.78 is 27.8. The summed E-state index contributed by atoms with van der Waals surface area (Å²) in [6, 6.07) is 0. The summed E-state index contributed by atoms with van der Waals surface area (Å²) in [6.45, 7) is 6.26. The topological polar surface area (TPSA) is 62.3 Å². The molecule has 0 atom stereocenters. The number of thiazole rings is 1. The SMILES string of the molecule is Cc1nc(Cl)sc1S(=O)(=O)NCC1(C)CCN(C)CC1. The Bertz CT molecular complexity index is 578. The van der Waals surface area contributed by atoms with Crippen LogP contribution in [0.1, 0.15) is 25.5 Å². The lowest BCUT2D eigenvalue weighted by atomic mass is 9.81. The molecule has 114 valence electrons. The van der Waals surface area contributed by atoms with Gasteiger partial charge in [0, 0.05) is 6.54 Å². The van der Waals surface area contributed by atoms with E-state index >= 15 is 0 Å². The molecule has 1 aromatic rings. The van der Waals surface area contributed by atoms with Crippen molar-refractivity contribution in [3.05, 3.63) is 10.2 Å². The first-order chi connectivity index (χ1) is 9.22. The van der Waals surface area contributed by atoms with Crippen LogP contribution in [-0.2, 0) is 10.0 Å². The van der Waals surface area contributed by atoms with E-state index in [9.17, 15) is 8.42 Å². The van der Waals surface area contributed by atoms with Crippen LogP contribution in [0.3, 0.4) is 0 Å². The van der Waals surface area contributed by atoms with Gasteiger partial charge in [0.1, 0.15) is 0 Å². The Morgan fingerprint density at radius 1 is 1.45 bits per heavy atom. The third-order valence-corrected chi connectivity index (χ3v) is 7.13. The Balaban J connectivity index is 2.04. The van der Waals surface area contributed by atoms with Crippen LogP contribution in [0.4, 0.5) is 0 Å². The van der Waals surface area contributed by atoms with E-state index in [0.717, 1.165) is 37.3 Å². The van der Waals surface area contributed by atoms with Gasteiger partial charge in [-0.05, 0) is 45.3 Å². The fourth-order valence-electron chi connectivity index (χ4n) is 2.27. The van der Waals surface area contributed by atoms with E-state index in [0.29, 0.717) is 12.2 Å². The molecule has 1 aliphatic heterocycles. The minimum atomic E-state index is -3.51. The largest absolute Gasteiger partial charge is 0.306 e. The standard InChI is InChI=1S/C12H20ClN3O2S2/c1-9-10(19-11(13)15-9)20(17,18)14-8-12(2)4-6-16(3)7-5-12/h14H,4-8H2,1-3H3. The highest BCUT2D eigenvalue weighted by atomic mass is 35.5. The highest BCUT2D eigenvalue weighted by molar-refractivity contribution is 7.91. The van der Waals surface area contributed by atoms with E-state index in [-0.39, 0.29) is 14.1 Å². The first-order valence-corrected chi connectivity index (χ1v) is 9.21. The molecule has 20 heavy (non-hydrogen) atoms. The van der Waals surface area contributed by atoms with Crippen molar-refractivity contribution in [3.63, 3.8) is 0 Å². The number of aryl methyl sites for hydroxylation is 1. The van der Waals surface area contributed by atoms with Crippen LogP contribution in [0.5, 0.6) is 0 Å². The normalized spacial score (nSPS) is 20.2. The van der Waals surface area contributed by atoms with Crippen LogP contribution >= 0.6 is 22.9 Å². The second kappa shape index (κ2) is 5.88. The van der Waals surface area contributed by atoms with Gasteiger partial charge in [0.15, 0.2) is 8.68 Å². The fraction of sp³-hybridized carbons (Fsp3) is 0.750. The first-order valence-electron chi connectivity index (χ1n) is 6.53. The van der Waals surface area contributed by atoms with Crippen molar-refractivity contribution in [2.45, 2.75) is 30.9 Å². The molecule has 8 heteroatoms. The number of likely N-dealkylation sites (tertiary alicyclic amines) is 1. The molecule has 0 amide bonds. The van der Waals surface area contributed by atoms with E-state index in [1.807, 2.05) is 0 Å². The second-order valence-corrected chi connectivity index (χ2v) is 9.32. The lowest BCUT2D eigenvalue weighted by Gasteiger charge is -2.37. The zero-order chi connectivity index (χ0) is 15.0. The van der Waals surface area contributed by atoms with E-state index in [1.165, 1.54) is 0 Å². The van der Waals surface area contributed by atoms with E-state index in [4.69, 9.17) is 11.6 Å². The molecule has 1 fully saturated rings. The van der Waals surface area contributed by atoms with Gasteiger partial charge in [-0.25, -0.2) is 18.1 Å². The zero-order valence-electron chi connectivity index (χ0n) is 11.9. The molecule has 0 bridgehead atoms. The Hall–Kier alpha value is -0.210. The molecule has 0 radical (unpaired) electrons. The van der Waals surface area contributed by atoms with Gasteiger partial charge in [0.25, 0.3) is 10.0 Å². The number of nitrogens with one attached hydrogen (secondary N) is 1. The summed E-state index contributed by atoms with van der Waals surface area (Å²) in [5.41, 5.74) is 0.475. The maximum atomic E-state index is 12.3. The van der Waals surface area contributed by atoms with Crippen LogP contribution in [-0.4, -0.2) is 45.0 Å². The number of nitrogens with zero attached hydrogens (tertiary/aromatic N) is 2. The lowest BCUT2D eigenvalue weighted by Crippen LogP contribution is -2.43. The molecule has 0 aliphatic carbocycles. The molecule has 1 saturated heterocycles. The van der Waals surface area contributed by atoms with Gasteiger partial charge in [-0.3, -0.25) is 0 Å². The predicted octanol–water partition coefficient (Wildman–Crippen LogP) is 2.12. The molecule has 1 aliphatic rings. The van der Waals surface area contributed by atoms with Crippen LogP contribution in [0, 0.1) is 12.3 Å². The Kier molecular flexibility index (Phi) is 4.76. The average Bonchev–Trinajstić information content (AvgIpc) is 2.71. The summed E-state index contributed by atoms with van der Waals surface area (Å²) in [5.74, 6) is 0. The molecule has 2 rings (SSSR count). The quantitative estimate of drug-likeness (QED) is 0.914. The molecule has 5 nitrogen and oxygen atoms in total. The van der Waals surface area contributed by atoms with Gasteiger partial charge in [0.2, 0.25) is 0 Å². The molecular weight excluding hydrogens is 318 g/mol. The smallest absolute Gasteiger partial charge is 0.252 e. The third-order valence-electron chi connectivity index (χ3n) is 3.86. The Morgan fingerprint density at radius 2 is 2.05 bits per heavy atom. The minimum Gasteiger partial charge on any atom is -0.306 e. The van der Waals surface area contributed by atoms with Crippen LogP contribution in [0.2, 0.25) is 4.47 Å². The lowest BCUT2D eigenvalue weighted by molar-refractivity contribution is 0.143. The number of piperidine rings is 1. The summed E-state index contributed by atoms with van der Waals surface area (Å²) >= 11 is 6.78. The van der Waals surface area contributed by atoms with Crippen molar-refractivity contribution in [2.24, 2.45) is 5.41 Å². The Labute approximate surface area is 129 Å². The van der Waals surface area contributed by atoms with Crippen molar-refractivity contribution in [1.29, 1.82) is 0 Å². The zero-order valence-corrected chi connectivity index (χ0v) is 14.3.